The van der Waals surface area contributed by atoms with E-state index in [-0.39, 0.29) is 5.91 Å². The van der Waals surface area contributed by atoms with Crippen molar-refractivity contribution < 1.29 is 9.32 Å². The second kappa shape index (κ2) is 7.69. The molecular formula is C20H17N5O2S. The minimum atomic E-state index is -0.258. The number of nitrogens with zero attached hydrogens (tertiary/aromatic N) is 4. The molecule has 0 bridgehead atoms. The van der Waals surface area contributed by atoms with E-state index >= 15 is 0 Å². The van der Waals surface area contributed by atoms with E-state index in [1.54, 1.807) is 13.3 Å². The number of hydrogen-bond donors (Lipinski definition) is 1. The zero-order chi connectivity index (χ0) is 19.5. The molecule has 0 spiro atoms. The van der Waals surface area contributed by atoms with E-state index < -0.39 is 0 Å². The normalized spacial score (nSPS) is 10.8. The SMILES string of the molecule is Cc1onc(-c2ccccc2)c1C(=O)Nc1ccc(Sc2nncn2C)cc1. The lowest BCUT2D eigenvalue weighted by Crippen LogP contribution is -2.13. The Bertz CT molecular complexity index is 1100. The Labute approximate surface area is 165 Å². The molecule has 7 nitrogen and oxygen atoms in total. The van der Waals surface area contributed by atoms with E-state index in [2.05, 4.69) is 20.7 Å². The van der Waals surface area contributed by atoms with E-state index in [0.717, 1.165) is 15.6 Å². The maximum absolute atomic E-state index is 12.8. The van der Waals surface area contributed by atoms with Gasteiger partial charge in [-0.2, -0.15) is 0 Å². The van der Waals surface area contributed by atoms with Crippen LogP contribution in [0.3, 0.4) is 0 Å². The van der Waals surface area contributed by atoms with Crippen LogP contribution in [0.25, 0.3) is 11.3 Å². The van der Waals surface area contributed by atoms with Gasteiger partial charge in [0.1, 0.15) is 23.3 Å². The van der Waals surface area contributed by atoms with Crippen molar-refractivity contribution in [3.63, 3.8) is 0 Å². The molecule has 0 radical (unpaired) electrons. The highest BCUT2D eigenvalue weighted by Crippen LogP contribution is 2.28. The van der Waals surface area contributed by atoms with Crippen molar-refractivity contribution in [3.8, 4) is 11.3 Å². The van der Waals surface area contributed by atoms with E-state index in [4.69, 9.17) is 4.52 Å². The van der Waals surface area contributed by atoms with Crippen LogP contribution in [0.2, 0.25) is 0 Å². The fourth-order valence-corrected chi connectivity index (χ4v) is 3.47. The minimum absolute atomic E-state index is 0.258. The van der Waals surface area contributed by atoms with Crippen LogP contribution in [-0.4, -0.2) is 25.8 Å². The molecule has 8 heteroatoms. The predicted octanol–water partition coefficient (Wildman–Crippen LogP) is 4.18. The first-order chi connectivity index (χ1) is 13.6. The summed E-state index contributed by atoms with van der Waals surface area (Å²) < 4.78 is 7.12. The smallest absolute Gasteiger partial charge is 0.261 e. The number of carbonyl (C=O) groups excluding carboxylic acids is 1. The number of carbonyl (C=O) groups is 1. The Hall–Kier alpha value is -3.39. The summed E-state index contributed by atoms with van der Waals surface area (Å²) in [5.74, 6) is 0.220. The standard InChI is InChI=1S/C20H17N5O2S/c1-13-17(18(24-27-13)14-6-4-3-5-7-14)19(26)22-15-8-10-16(11-9-15)28-20-23-21-12-25(20)2/h3-12H,1-2H3,(H,22,26). The molecule has 0 atom stereocenters. The van der Waals surface area contributed by atoms with E-state index in [1.165, 1.54) is 11.8 Å². The van der Waals surface area contributed by atoms with Crippen LogP contribution in [0.4, 0.5) is 5.69 Å². The third kappa shape index (κ3) is 3.67. The molecular weight excluding hydrogens is 374 g/mol. The van der Waals surface area contributed by atoms with Crippen LogP contribution >= 0.6 is 11.8 Å². The van der Waals surface area contributed by atoms with Gasteiger partial charge < -0.3 is 14.4 Å². The predicted molar refractivity (Wildman–Crippen MR) is 106 cm³/mol. The van der Waals surface area contributed by atoms with Gasteiger partial charge in [0.15, 0.2) is 5.16 Å². The van der Waals surface area contributed by atoms with Crippen molar-refractivity contribution >= 4 is 23.4 Å². The second-order valence-corrected chi connectivity index (χ2v) is 7.17. The molecule has 0 aliphatic heterocycles. The van der Waals surface area contributed by atoms with Gasteiger partial charge in [0.2, 0.25) is 0 Å². The zero-order valence-corrected chi connectivity index (χ0v) is 16.1. The summed E-state index contributed by atoms with van der Waals surface area (Å²) in [6.07, 6.45) is 1.66. The first-order valence-corrected chi connectivity index (χ1v) is 9.38. The number of benzene rings is 2. The Morgan fingerprint density at radius 1 is 1.11 bits per heavy atom. The highest BCUT2D eigenvalue weighted by atomic mass is 32.2. The number of aryl methyl sites for hydroxylation is 2. The largest absolute Gasteiger partial charge is 0.360 e. The van der Waals surface area contributed by atoms with Crippen LogP contribution in [-0.2, 0) is 7.05 Å². The lowest BCUT2D eigenvalue weighted by Gasteiger charge is -2.07. The number of amides is 1. The van der Waals surface area contributed by atoms with E-state index in [0.29, 0.717) is 22.7 Å². The van der Waals surface area contributed by atoms with Crippen molar-refractivity contribution in [1.29, 1.82) is 0 Å². The number of aromatic nitrogens is 4. The third-order valence-corrected chi connectivity index (χ3v) is 5.19. The highest BCUT2D eigenvalue weighted by Gasteiger charge is 2.21. The monoisotopic (exact) mass is 391 g/mol. The molecule has 140 valence electrons. The molecule has 1 amide bonds. The molecule has 2 aromatic heterocycles. The van der Waals surface area contributed by atoms with Crippen LogP contribution in [0.5, 0.6) is 0 Å². The highest BCUT2D eigenvalue weighted by molar-refractivity contribution is 7.99. The van der Waals surface area contributed by atoms with Crippen molar-refractivity contribution in [2.45, 2.75) is 17.0 Å². The molecule has 4 rings (SSSR count). The molecule has 0 unspecified atom stereocenters. The molecule has 2 aromatic carbocycles. The maximum atomic E-state index is 12.8. The Morgan fingerprint density at radius 2 is 1.86 bits per heavy atom. The molecule has 0 fully saturated rings. The molecule has 4 aromatic rings. The van der Waals surface area contributed by atoms with Crippen LogP contribution in [0, 0.1) is 6.92 Å². The lowest BCUT2D eigenvalue weighted by atomic mass is 10.1. The molecule has 0 saturated heterocycles. The van der Waals surface area contributed by atoms with Crippen molar-refractivity contribution in [2.24, 2.45) is 7.05 Å². The summed E-state index contributed by atoms with van der Waals surface area (Å²) in [6, 6.07) is 17.0. The Morgan fingerprint density at radius 3 is 2.54 bits per heavy atom. The average Bonchev–Trinajstić information content (AvgIpc) is 3.29. The average molecular weight is 391 g/mol. The van der Waals surface area contributed by atoms with Gasteiger partial charge in [-0.25, -0.2) is 0 Å². The Kier molecular flexibility index (Phi) is 4.94. The lowest BCUT2D eigenvalue weighted by molar-refractivity contribution is 0.102. The van der Waals surface area contributed by atoms with Gasteiger partial charge in [-0.1, -0.05) is 35.5 Å². The summed E-state index contributed by atoms with van der Waals surface area (Å²) in [7, 11) is 1.89. The summed E-state index contributed by atoms with van der Waals surface area (Å²) in [6.45, 7) is 1.73. The molecule has 2 heterocycles. The molecule has 1 N–H and O–H groups in total. The van der Waals surface area contributed by atoms with Gasteiger partial charge in [-0.05, 0) is 43.0 Å². The van der Waals surface area contributed by atoms with E-state index in [9.17, 15) is 4.79 Å². The van der Waals surface area contributed by atoms with Crippen molar-refractivity contribution in [1.82, 2.24) is 19.9 Å². The van der Waals surface area contributed by atoms with Gasteiger partial charge in [0, 0.05) is 23.2 Å². The summed E-state index contributed by atoms with van der Waals surface area (Å²) in [4.78, 5) is 13.8. The number of anilines is 1. The van der Waals surface area contributed by atoms with Gasteiger partial charge >= 0.3 is 0 Å². The fourth-order valence-electron chi connectivity index (χ4n) is 2.70. The summed E-state index contributed by atoms with van der Waals surface area (Å²) >= 11 is 1.50. The van der Waals surface area contributed by atoms with E-state index in [1.807, 2.05) is 66.2 Å². The zero-order valence-electron chi connectivity index (χ0n) is 15.3. The summed E-state index contributed by atoms with van der Waals surface area (Å²) in [5, 5.41) is 15.7. The number of nitrogens with one attached hydrogen (secondary N) is 1. The van der Waals surface area contributed by atoms with Crippen molar-refractivity contribution in [3.05, 3.63) is 72.2 Å². The van der Waals surface area contributed by atoms with Crippen LogP contribution in [0.15, 0.2) is 75.5 Å². The molecule has 0 saturated carbocycles. The minimum Gasteiger partial charge on any atom is -0.360 e. The molecule has 0 aliphatic rings. The van der Waals surface area contributed by atoms with Crippen LogP contribution < -0.4 is 5.32 Å². The quantitative estimate of drug-likeness (QED) is 0.549. The molecule has 28 heavy (non-hydrogen) atoms. The first-order valence-electron chi connectivity index (χ1n) is 8.57. The van der Waals surface area contributed by atoms with Gasteiger partial charge in [-0.3, -0.25) is 4.79 Å². The van der Waals surface area contributed by atoms with Gasteiger partial charge in [0.05, 0.1) is 0 Å². The fraction of sp³-hybridized carbons (Fsp3) is 0.100. The molecule has 0 aliphatic carbocycles. The number of hydrogen-bond acceptors (Lipinski definition) is 6. The number of rotatable bonds is 5. The van der Waals surface area contributed by atoms with Crippen LogP contribution in [0.1, 0.15) is 16.1 Å². The van der Waals surface area contributed by atoms with Gasteiger partial charge in [0.25, 0.3) is 5.91 Å². The maximum Gasteiger partial charge on any atom is 0.261 e. The Balaban J connectivity index is 1.52. The van der Waals surface area contributed by atoms with Gasteiger partial charge in [-0.15, -0.1) is 10.2 Å². The van der Waals surface area contributed by atoms with Crippen molar-refractivity contribution in [2.75, 3.05) is 5.32 Å². The second-order valence-electron chi connectivity index (χ2n) is 6.13. The summed E-state index contributed by atoms with van der Waals surface area (Å²) in [5.41, 5.74) is 2.49. The third-order valence-electron chi connectivity index (χ3n) is 4.13. The first kappa shape index (κ1) is 18.0. The topological polar surface area (TPSA) is 85.8 Å².